The number of carbonyl (C=O) groups excluding carboxylic acids is 2. The summed E-state index contributed by atoms with van der Waals surface area (Å²) < 4.78 is 4.86. The summed E-state index contributed by atoms with van der Waals surface area (Å²) in [5.41, 5.74) is -0.158. The zero-order valence-electron chi connectivity index (χ0n) is 10.6. The van der Waals surface area contributed by atoms with E-state index in [0.717, 1.165) is 6.07 Å². The third-order valence-electron chi connectivity index (χ3n) is 2.88. The van der Waals surface area contributed by atoms with Gasteiger partial charge in [-0.15, -0.1) is 0 Å². The monoisotopic (exact) mass is 296 g/mol. The van der Waals surface area contributed by atoms with Gasteiger partial charge in [-0.25, -0.2) is 0 Å². The zero-order chi connectivity index (χ0) is 14.7. The predicted octanol–water partition coefficient (Wildman–Crippen LogP) is 1.37. The molecule has 1 fully saturated rings. The second kappa shape index (κ2) is 5.91. The van der Waals surface area contributed by atoms with Gasteiger partial charge in [-0.05, 0) is 18.6 Å². The van der Waals surface area contributed by atoms with Crippen LogP contribution in [0.25, 0.3) is 0 Å². The van der Waals surface area contributed by atoms with Crippen molar-refractivity contribution in [3.63, 3.8) is 0 Å². The van der Waals surface area contributed by atoms with Crippen LogP contribution < -0.4 is 10.1 Å². The van der Waals surface area contributed by atoms with Gasteiger partial charge in [0.1, 0.15) is 0 Å². The molecule has 1 atom stereocenters. The number of benzene rings is 1. The standard InChI is InChI=1S/C12H12N2O5S/c1-19-10-3-2-7(6-9(10)14(17)18)11(15)13-8-4-5-20-12(8)16/h2-3,6,8H,4-5H2,1H3,(H,13,15). The normalized spacial score (nSPS) is 17.9. The Hall–Kier alpha value is -2.09. The summed E-state index contributed by atoms with van der Waals surface area (Å²) in [5, 5.41) is 13.4. The zero-order valence-corrected chi connectivity index (χ0v) is 11.4. The number of rotatable bonds is 4. The van der Waals surface area contributed by atoms with Crippen LogP contribution in [0.4, 0.5) is 5.69 Å². The third-order valence-corrected chi connectivity index (χ3v) is 3.89. The molecule has 0 aliphatic carbocycles. The first-order valence-corrected chi connectivity index (χ1v) is 6.81. The number of ether oxygens (including phenoxy) is 1. The molecule has 7 nitrogen and oxygen atoms in total. The molecular formula is C12H12N2O5S. The summed E-state index contributed by atoms with van der Waals surface area (Å²) in [5.74, 6) is 0.252. The van der Waals surface area contributed by atoms with Gasteiger partial charge in [0.15, 0.2) is 5.75 Å². The molecule has 1 aromatic carbocycles. The first-order valence-electron chi connectivity index (χ1n) is 5.83. The van der Waals surface area contributed by atoms with E-state index in [1.54, 1.807) is 0 Å². The van der Waals surface area contributed by atoms with Crippen LogP contribution in [-0.2, 0) is 4.79 Å². The molecule has 2 rings (SSSR count). The minimum atomic E-state index is -0.619. The molecule has 1 aliphatic heterocycles. The van der Waals surface area contributed by atoms with Crippen LogP contribution in [0.5, 0.6) is 5.75 Å². The number of nitrogens with one attached hydrogen (secondary N) is 1. The second-order valence-electron chi connectivity index (χ2n) is 4.13. The Bertz CT molecular complexity index is 575. The van der Waals surface area contributed by atoms with Crippen molar-refractivity contribution in [2.45, 2.75) is 12.5 Å². The second-order valence-corrected chi connectivity index (χ2v) is 5.23. The number of hydrogen-bond donors (Lipinski definition) is 1. The first kappa shape index (κ1) is 14.3. The lowest BCUT2D eigenvalue weighted by atomic mass is 10.1. The number of nitrogens with zero attached hydrogens (tertiary/aromatic N) is 1. The lowest BCUT2D eigenvalue weighted by Gasteiger charge is -2.10. The van der Waals surface area contributed by atoms with Gasteiger partial charge in [0.05, 0.1) is 18.1 Å². The van der Waals surface area contributed by atoms with Crippen molar-refractivity contribution >= 4 is 28.5 Å². The van der Waals surface area contributed by atoms with Gasteiger partial charge in [0.25, 0.3) is 5.91 Å². The fraction of sp³-hybridized carbons (Fsp3) is 0.333. The number of amides is 1. The molecular weight excluding hydrogens is 284 g/mol. The van der Waals surface area contributed by atoms with Crippen molar-refractivity contribution in [3.05, 3.63) is 33.9 Å². The van der Waals surface area contributed by atoms with Crippen molar-refractivity contribution in [1.82, 2.24) is 5.32 Å². The quantitative estimate of drug-likeness (QED) is 0.665. The topological polar surface area (TPSA) is 98.5 Å². The molecule has 1 amide bonds. The number of methoxy groups -OCH3 is 1. The van der Waals surface area contributed by atoms with Crippen LogP contribution in [0.1, 0.15) is 16.8 Å². The Kier molecular flexibility index (Phi) is 4.23. The molecule has 1 aliphatic rings. The van der Waals surface area contributed by atoms with Gasteiger partial charge >= 0.3 is 5.69 Å². The number of nitro groups is 1. The number of nitro benzene ring substituents is 1. The van der Waals surface area contributed by atoms with Crippen LogP contribution in [-0.4, -0.2) is 34.9 Å². The Morgan fingerprint density at radius 3 is 2.85 bits per heavy atom. The van der Waals surface area contributed by atoms with Crippen molar-refractivity contribution in [3.8, 4) is 5.75 Å². The summed E-state index contributed by atoms with van der Waals surface area (Å²) >= 11 is 1.17. The summed E-state index contributed by atoms with van der Waals surface area (Å²) in [6.07, 6.45) is 0.577. The minimum absolute atomic E-state index is 0.0821. The average Bonchev–Trinajstić information content (AvgIpc) is 2.83. The van der Waals surface area contributed by atoms with Gasteiger partial charge < -0.3 is 10.1 Å². The highest BCUT2D eigenvalue weighted by Gasteiger charge is 2.27. The molecule has 106 valence electrons. The Morgan fingerprint density at radius 2 is 2.30 bits per heavy atom. The fourth-order valence-corrected chi connectivity index (χ4v) is 2.78. The first-order chi connectivity index (χ1) is 9.52. The SMILES string of the molecule is COc1ccc(C(=O)NC2CCSC2=O)cc1[N+](=O)[O-]. The van der Waals surface area contributed by atoms with E-state index in [-0.39, 0.29) is 22.1 Å². The summed E-state index contributed by atoms with van der Waals surface area (Å²) in [6, 6.07) is 3.40. The minimum Gasteiger partial charge on any atom is -0.490 e. The molecule has 1 aromatic rings. The lowest BCUT2D eigenvalue weighted by molar-refractivity contribution is -0.385. The smallest absolute Gasteiger partial charge is 0.311 e. The fourth-order valence-electron chi connectivity index (χ4n) is 1.84. The van der Waals surface area contributed by atoms with Gasteiger partial charge in [-0.3, -0.25) is 19.7 Å². The van der Waals surface area contributed by atoms with Crippen molar-refractivity contribution in [2.24, 2.45) is 0 Å². The Morgan fingerprint density at radius 1 is 1.55 bits per heavy atom. The van der Waals surface area contributed by atoms with Crippen LogP contribution in [0.2, 0.25) is 0 Å². The van der Waals surface area contributed by atoms with Gasteiger partial charge in [0.2, 0.25) is 5.12 Å². The van der Waals surface area contributed by atoms with Crippen LogP contribution in [0, 0.1) is 10.1 Å². The van der Waals surface area contributed by atoms with E-state index in [4.69, 9.17) is 4.74 Å². The third kappa shape index (κ3) is 2.90. The molecule has 0 aromatic heterocycles. The van der Waals surface area contributed by atoms with E-state index in [2.05, 4.69) is 5.32 Å². The van der Waals surface area contributed by atoms with Crippen molar-refractivity contribution in [1.29, 1.82) is 0 Å². The molecule has 0 radical (unpaired) electrons. The maximum absolute atomic E-state index is 12.0. The average molecular weight is 296 g/mol. The van der Waals surface area contributed by atoms with E-state index in [1.807, 2.05) is 0 Å². The van der Waals surface area contributed by atoms with Crippen LogP contribution in [0.15, 0.2) is 18.2 Å². The molecule has 0 bridgehead atoms. The Balaban J connectivity index is 2.19. The summed E-state index contributed by atoms with van der Waals surface area (Å²) in [4.78, 5) is 33.7. The molecule has 1 heterocycles. The lowest BCUT2D eigenvalue weighted by Crippen LogP contribution is -2.37. The van der Waals surface area contributed by atoms with E-state index >= 15 is 0 Å². The van der Waals surface area contributed by atoms with E-state index in [1.165, 1.54) is 31.0 Å². The van der Waals surface area contributed by atoms with Crippen molar-refractivity contribution < 1.29 is 19.2 Å². The number of carbonyl (C=O) groups is 2. The number of thioether (sulfide) groups is 1. The summed E-state index contributed by atoms with van der Waals surface area (Å²) in [7, 11) is 1.32. The van der Waals surface area contributed by atoms with Gasteiger partial charge in [-0.2, -0.15) is 0 Å². The maximum atomic E-state index is 12.0. The van der Waals surface area contributed by atoms with E-state index in [0.29, 0.717) is 12.2 Å². The largest absolute Gasteiger partial charge is 0.490 e. The van der Waals surface area contributed by atoms with Crippen LogP contribution in [0.3, 0.4) is 0 Å². The van der Waals surface area contributed by atoms with Crippen LogP contribution >= 0.6 is 11.8 Å². The molecule has 1 saturated heterocycles. The van der Waals surface area contributed by atoms with Gasteiger partial charge in [-0.1, -0.05) is 11.8 Å². The summed E-state index contributed by atoms with van der Waals surface area (Å²) in [6.45, 7) is 0. The van der Waals surface area contributed by atoms with E-state index in [9.17, 15) is 19.7 Å². The predicted molar refractivity (Wildman–Crippen MR) is 73.0 cm³/mol. The highest BCUT2D eigenvalue weighted by molar-refractivity contribution is 8.14. The Labute approximate surface area is 118 Å². The molecule has 0 saturated carbocycles. The maximum Gasteiger partial charge on any atom is 0.311 e. The van der Waals surface area contributed by atoms with E-state index < -0.39 is 16.9 Å². The molecule has 8 heteroatoms. The van der Waals surface area contributed by atoms with Crippen molar-refractivity contribution in [2.75, 3.05) is 12.9 Å². The molecule has 1 N–H and O–H groups in total. The number of hydrogen-bond acceptors (Lipinski definition) is 6. The highest BCUT2D eigenvalue weighted by Crippen LogP contribution is 2.27. The molecule has 1 unspecified atom stereocenters. The van der Waals surface area contributed by atoms with Gasteiger partial charge in [0, 0.05) is 17.4 Å². The molecule has 0 spiro atoms. The highest BCUT2D eigenvalue weighted by atomic mass is 32.2. The molecule has 20 heavy (non-hydrogen) atoms.